The molecule has 0 bridgehead atoms. The van der Waals surface area contributed by atoms with Crippen LogP contribution in [0.3, 0.4) is 0 Å². The topological polar surface area (TPSA) is 98.1 Å². The number of carbonyl (C=O) groups is 2. The summed E-state index contributed by atoms with van der Waals surface area (Å²) >= 11 is 0. The number of rotatable bonds is 5. The summed E-state index contributed by atoms with van der Waals surface area (Å²) in [6.45, 7) is 2.43. The maximum absolute atomic E-state index is 12.0. The van der Waals surface area contributed by atoms with Crippen molar-refractivity contribution in [3.8, 4) is 0 Å². The van der Waals surface area contributed by atoms with Crippen molar-refractivity contribution in [3.05, 3.63) is 41.3 Å². The van der Waals surface area contributed by atoms with Crippen LogP contribution in [0.5, 0.6) is 0 Å². The van der Waals surface area contributed by atoms with Gasteiger partial charge in [-0.25, -0.2) is 9.59 Å². The van der Waals surface area contributed by atoms with Gasteiger partial charge in [0.2, 0.25) is 0 Å². The van der Waals surface area contributed by atoms with E-state index in [4.69, 9.17) is 0 Å². The van der Waals surface area contributed by atoms with Gasteiger partial charge in [0.1, 0.15) is 11.4 Å². The van der Waals surface area contributed by atoms with Gasteiger partial charge in [0.25, 0.3) is 0 Å². The number of nitrogens with zero attached hydrogens (tertiary/aromatic N) is 3. The highest BCUT2D eigenvalue weighted by molar-refractivity contribution is 5.99. The third kappa shape index (κ3) is 4.06. The van der Waals surface area contributed by atoms with E-state index in [1.165, 1.54) is 18.0 Å². The lowest BCUT2D eigenvalue weighted by Gasteiger charge is -2.10. The van der Waals surface area contributed by atoms with E-state index in [9.17, 15) is 9.59 Å². The summed E-state index contributed by atoms with van der Waals surface area (Å²) in [5, 5.41) is 9.30. The van der Waals surface area contributed by atoms with Gasteiger partial charge in [0.15, 0.2) is 0 Å². The average molecular weight is 317 g/mol. The van der Waals surface area contributed by atoms with Crippen LogP contribution < -0.4 is 10.6 Å². The fraction of sp³-hybridized carbons (Fsp3) is 0.333. The highest BCUT2D eigenvalue weighted by Gasteiger charge is 2.18. The second-order valence-electron chi connectivity index (χ2n) is 4.96. The highest BCUT2D eigenvalue weighted by atomic mass is 16.5. The lowest BCUT2D eigenvalue weighted by molar-refractivity contribution is 0.0602. The SMILES string of the molecule is COC(=O)c1cnn(C)c1NC(=O)NCCc1ccncc1C. The van der Waals surface area contributed by atoms with Gasteiger partial charge in [-0.3, -0.25) is 15.0 Å². The Hall–Kier alpha value is -2.90. The lowest BCUT2D eigenvalue weighted by atomic mass is 10.1. The third-order valence-corrected chi connectivity index (χ3v) is 3.39. The number of esters is 1. The van der Waals surface area contributed by atoms with Crippen LogP contribution in [0, 0.1) is 6.92 Å². The molecule has 0 aromatic carbocycles. The smallest absolute Gasteiger partial charge is 0.343 e. The summed E-state index contributed by atoms with van der Waals surface area (Å²) in [6.07, 6.45) is 5.55. The number of aryl methyl sites for hydroxylation is 2. The number of amides is 2. The Morgan fingerprint density at radius 3 is 2.83 bits per heavy atom. The van der Waals surface area contributed by atoms with Gasteiger partial charge in [-0.15, -0.1) is 0 Å². The molecule has 122 valence electrons. The van der Waals surface area contributed by atoms with Crippen LogP contribution in [0.4, 0.5) is 10.6 Å². The normalized spacial score (nSPS) is 10.2. The molecule has 8 nitrogen and oxygen atoms in total. The quantitative estimate of drug-likeness (QED) is 0.809. The molecule has 2 amide bonds. The molecule has 0 unspecified atom stereocenters. The first-order valence-electron chi connectivity index (χ1n) is 7.07. The average Bonchev–Trinajstić information content (AvgIpc) is 2.89. The predicted molar refractivity (Wildman–Crippen MR) is 84.2 cm³/mol. The highest BCUT2D eigenvalue weighted by Crippen LogP contribution is 2.14. The number of hydrogen-bond acceptors (Lipinski definition) is 5. The molecule has 23 heavy (non-hydrogen) atoms. The number of nitrogens with one attached hydrogen (secondary N) is 2. The van der Waals surface area contributed by atoms with Crippen molar-refractivity contribution in [2.75, 3.05) is 19.0 Å². The lowest BCUT2D eigenvalue weighted by Crippen LogP contribution is -2.31. The van der Waals surface area contributed by atoms with Crippen molar-refractivity contribution >= 4 is 17.8 Å². The summed E-state index contributed by atoms with van der Waals surface area (Å²) in [6, 6.07) is 1.51. The minimum atomic E-state index is -0.555. The summed E-state index contributed by atoms with van der Waals surface area (Å²) < 4.78 is 6.06. The Bertz CT molecular complexity index is 711. The summed E-state index contributed by atoms with van der Waals surface area (Å²) in [7, 11) is 2.90. The zero-order valence-corrected chi connectivity index (χ0v) is 13.3. The molecule has 0 aliphatic carbocycles. The number of aromatic nitrogens is 3. The molecule has 0 spiro atoms. The van der Waals surface area contributed by atoms with Crippen LogP contribution in [0.25, 0.3) is 0 Å². The van der Waals surface area contributed by atoms with Crippen molar-refractivity contribution in [3.63, 3.8) is 0 Å². The molecule has 0 atom stereocenters. The Kier molecular flexibility index (Phi) is 5.29. The van der Waals surface area contributed by atoms with E-state index in [0.29, 0.717) is 13.0 Å². The Labute approximate surface area is 133 Å². The molecule has 0 saturated heterocycles. The van der Waals surface area contributed by atoms with Gasteiger partial charge in [0.05, 0.1) is 13.3 Å². The summed E-state index contributed by atoms with van der Waals surface area (Å²) in [5.41, 5.74) is 2.40. The maximum atomic E-state index is 12.0. The Morgan fingerprint density at radius 2 is 2.13 bits per heavy atom. The first-order chi connectivity index (χ1) is 11.0. The molecule has 0 aliphatic heterocycles. The fourth-order valence-electron chi connectivity index (χ4n) is 2.09. The first-order valence-corrected chi connectivity index (χ1v) is 7.07. The summed E-state index contributed by atoms with van der Waals surface area (Å²) in [5.74, 6) is -0.268. The van der Waals surface area contributed by atoms with Crippen LogP contribution in [-0.4, -0.2) is 40.4 Å². The standard InChI is InChI=1S/C15H19N5O3/c1-10-8-16-6-4-11(10)5-7-17-15(22)19-13-12(14(21)23-3)9-18-20(13)2/h4,6,8-9H,5,7H2,1-3H3,(H2,17,19,22). The molecule has 0 aliphatic rings. The number of urea groups is 1. The van der Waals surface area contributed by atoms with E-state index >= 15 is 0 Å². The number of carbonyl (C=O) groups excluding carboxylic acids is 2. The Morgan fingerprint density at radius 1 is 1.35 bits per heavy atom. The molecule has 2 N–H and O–H groups in total. The number of hydrogen-bond donors (Lipinski definition) is 2. The molecule has 2 aromatic rings. The largest absolute Gasteiger partial charge is 0.465 e. The van der Waals surface area contributed by atoms with Gasteiger partial charge in [-0.1, -0.05) is 0 Å². The van der Waals surface area contributed by atoms with E-state index < -0.39 is 12.0 Å². The van der Waals surface area contributed by atoms with Crippen molar-refractivity contribution in [1.82, 2.24) is 20.1 Å². The van der Waals surface area contributed by atoms with Crippen molar-refractivity contribution in [1.29, 1.82) is 0 Å². The van der Waals surface area contributed by atoms with Crippen molar-refractivity contribution in [2.45, 2.75) is 13.3 Å². The van der Waals surface area contributed by atoms with Gasteiger partial charge in [-0.05, 0) is 30.5 Å². The molecule has 8 heteroatoms. The number of ether oxygens (including phenoxy) is 1. The second-order valence-corrected chi connectivity index (χ2v) is 4.96. The molecular formula is C15H19N5O3. The van der Waals surface area contributed by atoms with Crippen LogP contribution in [0.15, 0.2) is 24.7 Å². The van der Waals surface area contributed by atoms with E-state index in [0.717, 1.165) is 11.1 Å². The zero-order chi connectivity index (χ0) is 16.8. The predicted octanol–water partition coefficient (Wildman–Crippen LogP) is 1.27. The monoisotopic (exact) mass is 317 g/mol. The van der Waals surface area contributed by atoms with Gasteiger partial charge < -0.3 is 10.1 Å². The third-order valence-electron chi connectivity index (χ3n) is 3.39. The van der Waals surface area contributed by atoms with Crippen LogP contribution in [-0.2, 0) is 18.2 Å². The van der Waals surface area contributed by atoms with Gasteiger partial charge >= 0.3 is 12.0 Å². The fourth-order valence-corrected chi connectivity index (χ4v) is 2.09. The number of pyridine rings is 1. The molecular weight excluding hydrogens is 298 g/mol. The van der Waals surface area contributed by atoms with Gasteiger partial charge in [-0.2, -0.15) is 5.10 Å². The zero-order valence-electron chi connectivity index (χ0n) is 13.3. The molecule has 0 saturated carbocycles. The van der Waals surface area contributed by atoms with Crippen LogP contribution in [0.2, 0.25) is 0 Å². The molecule has 0 fully saturated rings. The van der Waals surface area contributed by atoms with Gasteiger partial charge in [0, 0.05) is 26.0 Å². The summed E-state index contributed by atoms with van der Waals surface area (Å²) in [4.78, 5) is 27.6. The van der Waals surface area contributed by atoms with Crippen molar-refractivity contribution in [2.24, 2.45) is 7.05 Å². The Balaban J connectivity index is 1.92. The first kappa shape index (κ1) is 16.5. The van der Waals surface area contributed by atoms with Crippen LogP contribution in [0.1, 0.15) is 21.5 Å². The van der Waals surface area contributed by atoms with E-state index in [2.05, 4.69) is 25.5 Å². The van der Waals surface area contributed by atoms with Crippen molar-refractivity contribution < 1.29 is 14.3 Å². The van der Waals surface area contributed by atoms with E-state index in [-0.39, 0.29) is 11.4 Å². The molecule has 2 rings (SSSR count). The second kappa shape index (κ2) is 7.39. The molecule has 2 aromatic heterocycles. The minimum Gasteiger partial charge on any atom is -0.465 e. The number of methoxy groups -OCH3 is 1. The van der Waals surface area contributed by atoms with Crippen LogP contribution >= 0.6 is 0 Å². The number of anilines is 1. The molecule has 0 radical (unpaired) electrons. The van der Waals surface area contributed by atoms with E-state index in [1.807, 2.05) is 13.0 Å². The maximum Gasteiger partial charge on any atom is 0.343 e. The minimum absolute atomic E-state index is 0.204. The van der Waals surface area contributed by atoms with E-state index in [1.54, 1.807) is 19.4 Å². The molecule has 2 heterocycles.